The molecule has 0 saturated carbocycles. The number of carbonyl (C=O) groups excluding carboxylic acids is 2. The predicted molar refractivity (Wildman–Crippen MR) is 102 cm³/mol. The number of nitrogens with zero attached hydrogens (tertiary/aromatic N) is 2. The van der Waals surface area contributed by atoms with E-state index in [1.165, 1.54) is 12.1 Å². The smallest absolute Gasteiger partial charge is 0.314 e. The number of H-pyrrole nitrogens is 2. The monoisotopic (exact) mass is 380 g/mol. The van der Waals surface area contributed by atoms with E-state index in [4.69, 9.17) is 0 Å². The number of halogens is 1. The van der Waals surface area contributed by atoms with Crippen molar-refractivity contribution in [2.24, 2.45) is 0 Å². The molecule has 0 bridgehead atoms. The van der Waals surface area contributed by atoms with Crippen molar-refractivity contribution in [2.45, 2.75) is 13.3 Å². The van der Waals surface area contributed by atoms with E-state index < -0.39 is 11.8 Å². The number of hydrogen-bond donors (Lipinski definition) is 4. The van der Waals surface area contributed by atoms with E-state index in [1.54, 1.807) is 24.4 Å². The number of carbonyl (C=O) groups is 2. The SMILES string of the molecule is Cc1[nH]c2ccc(F)cc2c1CCNC(=O)C(=O)Nc1[nH]nc2ncccc12. The lowest BCUT2D eigenvalue weighted by molar-refractivity contribution is -0.136. The van der Waals surface area contributed by atoms with Crippen LogP contribution in [0.1, 0.15) is 11.3 Å². The second-order valence-electron chi connectivity index (χ2n) is 6.35. The molecule has 3 heterocycles. The van der Waals surface area contributed by atoms with Crippen LogP contribution in [0.3, 0.4) is 0 Å². The van der Waals surface area contributed by atoms with Gasteiger partial charge in [0, 0.05) is 29.3 Å². The van der Waals surface area contributed by atoms with Gasteiger partial charge in [-0.2, -0.15) is 5.10 Å². The van der Waals surface area contributed by atoms with Crippen LogP contribution in [0.15, 0.2) is 36.5 Å². The number of amides is 2. The number of aryl methyl sites for hydroxylation is 1. The highest BCUT2D eigenvalue weighted by molar-refractivity contribution is 6.40. The van der Waals surface area contributed by atoms with Crippen LogP contribution in [0.4, 0.5) is 10.2 Å². The Morgan fingerprint density at radius 1 is 1.18 bits per heavy atom. The Hall–Kier alpha value is -3.75. The quantitative estimate of drug-likeness (QED) is 0.406. The highest BCUT2D eigenvalue weighted by Gasteiger charge is 2.17. The van der Waals surface area contributed by atoms with Crippen LogP contribution < -0.4 is 10.6 Å². The molecule has 0 radical (unpaired) electrons. The fourth-order valence-corrected chi connectivity index (χ4v) is 3.17. The van der Waals surface area contributed by atoms with Crippen LogP contribution in [-0.2, 0) is 16.0 Å². The Bertz CT molecular complexity index is 1200. The summed E-state index contributed by atoms with van der Waals surface area (Å²) >= 11 is 0. The number of pyridine rings is 1. The van der Waals surface area contributed by atoms with Crippen molar-refractivity contribution in [3.05, 3.63) is 53.6 Å². The number of hydrogen-bond acceptors (Lipinski definition) is 4. The molecule has 2 amide bonds. The van der Waals surface area contributed by atoms with E-state index in [0.29, 0.717) is 23.3 Å². The van der Waals surface area contributed by atoms with E-state index in [9.17, 15) is 14.0 Å². The zero-order valence-corrected chi connectivity index (χ0v) is 15.0. The fraction of sp³-hybridized carbons (Fsp3) is 0.158. The summed E-state index contributed by atoms with van der Waals surface area (Å²) in [4.78, 5) is 31.5. The molecule has 28 heavy (non-hydrogen) atoms. The van der Waals surface area contributed by atoms with Crippen LogP contribution >= 0.6 is 0 Å². The third-order valence-corrected chi connectivity index (χ3v) is 4.52. The van der Waals surface area contributed by atoms with Gasteiger partial charge in [0.2, 0.25) is 0 Å². The normalized spacial score (nSPS) is 11.1. The van der Waals surface area contributed by atoms with E-state index >= 15 is 0 Å². The van der Waals surface area contributed by atoms with Crippen molar-refractivity contribution < 1.29 is 14.0 Å². The third kappa shape index (κ3) is 3.29. The molecule has 0 atom stereocenters. The zero-order valence-electron chi connectivity index (χ0n) is 15.0. The van der Waals surface area contributed by atoms with Gasteiger partial charge in [0.05, 0.1) is 5.39 Å². The molecule has 0 spiro atoms. The molecule has 0 unspecified atom stereocenters. The van der Waals surface area contributed by atoms with Crippen molar-refractivity contribution in [1.29, 1.82) is 0 Å². The summed E-state index contributed by atoms with van der Waals surface area (Å²) in [5.74, 6) is -1.59. The molecular weight excluding hydrogens is 363 g/mol. The van der Waals surface area contributed by atoms with Crippen molar-refractivity contribution >= 4 is 39.6 Å². The van der Waals surface area contributed by atoms with Crippen LogP contribution in [0.25, 0.3) is 21.9 Å². The highest BCUT2D eigenvalue weighted by Crippen LogP contribution is 2.23. The minimum absolute atomic E-state index is 0.238. The molecule has 0 fully saturated rings. The maximum Gasteiger partial charge on any atom is 0.314 e. The second-order valence-corrected chi connectivity index (χ2v) is 6.35. The van der Waals surface area contributed by atoms with Crippen LogP contribution in [0.2, 0.25) is 0 Å². The van der Waals surface area contributed by atoms with E-state index in [2.05, 4.69) is 30.8 Å². The minimum Gasteiger partial charge on any atom is -0.358 e. The maximum absolute atomic E-state index is 13.5. The molecule has 0 aliphatic carbocycles. The third-order valence-electron chi connectivity index (χ3n) is 4.52. The fourth-order valence-electron chi connectivity index (χ4n) is 3.17. The first kappa shape index (κ1) is 17.7. The van der Waals surface area contributed by atoms with Crippen LogP contribution in [0.5, 0.6) is 0 Å². The molecule has 1 aromatic carbocycles. The molecule has 4 N–H and O–H groups in total. The van der Waals surface area contributed by atoms with Gasteiger partial charge in [0.15, 0.2) is 5.65 Å². The first-order chi connectivity index (χ1) is 13.5. The Balaban J connectivity index is 1.39. The Kier molecular flexibility index (Phi) is 4.48. The van der Waals surface area contributed by atoms with Gasteiger partial charge in [-0.1, -0.05) is 0 Å². The van der Waals surface area contributed by atoms with Gasteiger partial charge in [-0.05, 0) is 49.2 Å². The topological polar surface area (TPSA) is 116 Å². The summed E-state index contributed by atoms with van der Waals surface area (Å²) in [7, 11) is 0. The molecular formula is C19H17FN6O2. The molecule has 142 valence electrons. The lowest BCUT2D eigenvalue weighted by Crippen LogP contribution is -2.36. The lowest BCUT2D eigenvalue weighted by atomic mass is 10.1. The summed E-state index contributed by atoms with van der Waals surface area (Å²) in [5, 5.41) is 13.1. The number of rotatable bonds is 4. The standard InChI is InChI=1S/C19H17FN6O2/c1-10-12(14-9-11(20)4-5-15(14)23-10)6-8-22-18(27)19(28)24-17-13-3-2-7-21-16(13)25-26-17/h2-5,7,9,23H,6,8H2,1H3,(H,22,27)(H2,21,24,25,26,28). The van der Waals surface area contributed by atoms with E-state index in [-0.39, 0.29) is 12.4 Å². The van der Waals surface area contributed by atoms with Crippen molar-refractivity contribution in [1.82, 2.24) is 25.5 Å². The number of nitrogens with one attached hydrogen (secondary N) is 4. The van der Waals surface area contributed by atoms with E-state index in [0.717, 1.165) is 22.2 Å². The van der Waals surface area contributed by atoms with Gasteiger partial charge in [-0.25, -0.2) is 9.37 Å². The maximum atomic E-state index is 13.5. The first-order valence-electron chi connectivity index (χ1n) is 8.68. The number of fused-ring (bicyclic) bond motifs is 2. The Morgan fingerprint density at radius 2 is 2.04 bits per heavy atom. The summed E-state index contributed by atoms with van der Waals surface area (Å²) in [6.07, 6.45) is 2.05. The van der Waals surface area contributed by atoms with Crippen molar-refractivity contribution in [2.75, 3.05) is 11.9 Å². The summed E-state index contributed by atoms with van der Waals surface area (Å²) < 4.78 is 13.5. The largest absolute Gasteiger partial charge is 0.358 e. The van der Waals surface area contributed by atoms with Gasteiger partial charge in [-0.3, -0.25) is 14.7 Å². The van der Waals surface area contributed by atoms with Crippen molar-refractivity contribution in [3.8, 4) is 0 Å². The number of aromatic amines is 2. The van der Waals surface area contributed by atoms with Crippen LogP contribution in [0, 0.1) is 12.7 Å². The van der Waals surface area contributed by atoms with Gasteiger partial charge < -0.3 is 15.6 Å². The molecule has 0 aliphatic heterocycles. The second kappa shape index (κ2) is 7.10. The average Bonchev–Trinajstić information content (AvgIpc) is 3.22. The molecule has 0 aliphatic rings. The summed E-state index contributed by atoms with van der Waals surface area (Å²) in [6, 6.07) is 7.97. The molecule has 4 aromatic rings. The van der Waals surface area contributed by atoms with Crippen LogP contribution in [-0.4, -0.2) is 38.5 Å². The number of benzene rings is 1. The minimum atomic E-state index is -0.809. The lowest BCUT2D eigenvalue weighted by Gasteiger charge is -2.06. The van der Waals surface area contributed by atoms with Gasteiger partial charge in [-0.15, -0.1) is 0 Å². The van der Waals surface area contributed by atoms with Gasteiger partial charge in [0.1, 0.15) is 11.6 Å². The predicted octanol–water partition coefficient (Wildman–Crippen LogP) is 2.18. The molecule has 8 nitrogen and oxygen atoms in total. The van der Waals surface area contributed by atoms with E-state index in [1.807, 2.05) is 6.92 Å². The molecule has 4 rings (SSSR count). The summed E-state index contributed by atoms with van der Waals surface area (Å²) in [5.41, 5.74) is 3.08. The van der Waals surface area contributed by atoms with Gasteiger partial charge >= 0.3 is 11.8 Å². The van der Waals surface area contributed by atoms with Gasteiger partial charge in [0.25, 0.3) is 0 Å². The molecule has 0 saturated heterocycles. The number of anilines is 1. The summed E-state index contributed by atoms with van der Waals surface area (Å²) in [6.45, 7) is 2.13. The molecule has 9 heteroatoms. The van der Waals surface area contributed by atoms with Crippen molar-refractivity contribution in [3.63, 3.8) is 0 Å². The highest BCUT2D eigenvalue weighted by atomic mass is 19.1. The average molecular weight is 380 g/mol. The zero-order chi connectivity index (χ0) is 19.7. The molecule has 3 aromatic heterocycles. The number of aromatic nitrogens is 4. The Morgan fingerprint density at radius 3 is 2.89 bits per heavy atom. The first-order valence-corrected chi connectivity index (χ1v) is 8.68. The Labute approximate surface area is 158 Å².